The van der Waals surface area contributed by atoms with Crippen molar-refractivity contribution in [2.24, 2.45) is 0 Å². The van der Waals surface area contributed by atoms with Crippen LogP contribution in [-0.4, -0.2) is 15.0 Å². The molecule has 0 bridgehead atoms. The molecule has 3 nitrogen and oxygen atoms in total. The average Bonchev–Trinajstić information content (AvgIpc) is 3.09. The van der Waals surface area contributed by atoms with Crippen LogP contribution in [0.15, 0.2) is 158 Å². The second-order valence-electron chi connectivity index (χ2n) is 10.3. The van der Waals surface area contributed by atoms with Gasteiger partial charge in [-0.2, -0.15) is 0 Å². The summed E-state index contributed by atoms with van der Waals surface area (Å²) in [5, 5.41) is 0.615. The van der Waals surface area contributed by atoms with Crippen LogP contribution in [0.4, 0.5) is 0 Å². The molecule has 0 amide bonds. The third kappa shape index (κ3) is 5.72. The first-order chi connectivity index (χ1) is 21.2. The van der Waals surface area contributed by atoms with Crippen LogP contribution in [0.1, 0.15) is 0 Å². The summed E-state index contributed by atoms with van der Waals surface area (Å²) in [6, 6.07) is 53.5. The smallest absolute Gasteiger partial charge is 0.164 e. The van der Waals surface area contributed by atoms with Crippen LogP contribution < -0.4 is 0 Å². The standard InChI is InChI=1S/C39H26ClN3/c40-34-24-32(31-21-22-35(27-13-5-1-6-14-27)36(26-31)28-15-7-2-8-16-28)23-33(25-34)39-42-37(29-17-9-3-10-18-29)41-38(43-39)30-19-11-4-12-20-30/h1-26H. The molecule has 4 heteroatoms. The van der Waals surface area contributed by atoms with Crippen molar-refractivity contribution in [3.63, 3.8) is 0 Å². The lowest BCUT2D eigenvalue weighted by atomic mass is 9.91. The maximum atomic E-state index is 6.78. The van der Waals surface area contributed by atoms with Gasteiger partial charge in [0.2, 0.25) is 0 Å². The zero-order chi connectivity index (χ0) is 29.0. The fourth-order valence-corrected chi connectivity index (χ4v) is 5.51. The maximum absolute atomic E-state index is 6.78. The molecular formula is C39H26ClN3. The summed E-state index contributed by atoms with van der Waals surface area (Å²) < 4.78 is 0. The Bertz CT molecular complexity index is 1950. The zero-order valence-electron chi connectivity index (χ0n) is 23.2. The summed E-state index contributed by atoms with van der Waals surface area (Å²) in [5.41, 5.74) is 9.38. The molecule has 0 atom stereocenters. The minimum Gasteiger partial charge on any atom is -0.208 e. The van der Waals surface area contributed by atoms with E-state index < -0.39 is 0 Å². The van der Waals surface area contributed by atoms with Crippen LogP contribution in [0.25, 0.3) is 67.5 Å². The fourth-order valence-electron chi connectivity index (χ4n) is 5.27. The Morgan fingerprint density at radius 1 is 0.302 bits per heavy atom. The molecule has 1 aromatic heterocycles. The van der Waals surface area contributed by atoms with Gasteiger partial charge in [-0.05, 0) is 57.6 Å². The summed E-state index contributed by atoms with van der Waals surface area (Å²) >= 11 is 6.78. The van der Waals surface area contributed by atoms with Gasteiger partial charge in [-0.25, -0.2) is 15.0 Å². The van der Waals surface area contributed by atoms with Crippen molar-refractivity contribution in [1.82, 2.24) is 15.0 Å². The number of hydrogen-bond acceptors (Lipinski definition) is 3. The fraction of sp³-hybridized carbons (Fsp3) is 0. The average molecular weight is 572 g/mol. The lowest BCUT2D eigenvalue weighted by Gasteiger charge is -2.14. The number of hydrogen-bond donors (Lipinski definition) is 0. The topological polar surface area (TPSA) is 38.7 Å². The Hall–Kier alpha value is -5.38. The van der Waals surface area contributed by atoms with Crippen LogP contribution in [0.2, 0.25) is 5.02 Å². The molecule has 0 fully saturated rings. The summed E-state index contributed by atoms with van der Waals surface area (Å²) in [5.74, 6) is 1.80. The third-order valence-corrected chi connectivity index (χ3v) is 7.60. The Labute approximate surface area is 256 Å². The Morgan fingerprint density at radius 3 is 1.23 bits per heavy atom. The van der Waals surface area contributed by atoms with E-state index in [1.54, 1.807) is 0 Å². The van der Waals surface area contributed by atoms with Gasteiger partial charge in [0, 0.05) is 21.7 Å². The molecule has 204 valence electrons. The van der Waals surface area contributed by atoms with Gasteiger partial charge in [0.05, 0.1) is 0 Å². The molecule has 0 aliphatic rings. The number of rotatable bonds is 6. The molecule has 0 N–H and O–H groups in total. The molecular weight excluding hydrogens is 546 g/mol. The van der Waals surface area contributed by atoms with Gasteiger partial charge in [-0.3, -0.25) is 0 Å². The van der Waals surface area contributed by atoms with Gasteiger partial charge in [-0.15, -0.1) is 0 Å². The molecule has 0 saturated carbocycles. The molecule has 0 radical (unpaired) electrons. The minimum atomic E-state index is 0.570. The van der Waals surface area contributed by atoms with Crippen molar-refractivity contribution in [2.45, 2.75) is 0 Å². The van der Waals surface area contributed by atoms with Gasteiger partial charge in [0.25, 0.3) is 0 Å². The largest absolute Gasteiger partial charge is 0.208 e. The highest BCUT2D eigenvalue weighted by Gasteiger charge is 2.15. The predicted molar refractivity (Wildman–Crippen MR) is 177 cm³/mol. The quantitative estimate of drug-likeness (QED) is 0.199. The van der Waals surface area contributed by atoms with E-state index in [1.165, 1.54) is 11.1 Å². The molecule has 0 aliphatic heterocycles. The van der Waals surface area contributed by atoms with E-state index in [0.717, 1.165) is 38.9 Å². The first kappa shape index (κ1) is 26.5. The predicted octanol–water partition coefficient (Wildman–Crippen LogP) is 10.5. The van der Waals surface area contributed by atoms with E-state index in [4.69, 9.17) is 26.6 Å². The van der Waals surface area contributed by atoms with E-state index in [1.807, 2.05) is 84.9 Å². The second kappa shape index (κ2) is 11.8. The third-order valence-electron chi connectivity index (χ3n) is 7.38. The van der Waals surface area contributed by atoms with E-state index >= 15 is 0 Å². The monoisotopic (exact) mass is 571 g/mol. The van der Waals surface area contributed by atoms with Crippen molar-refractivity contribution in [2.75, 3.05) is 0 Å². The highest BCUT2D eigenvalue weighted by atomic mass is 35.5. The van der Waals surface area contributed by atoms with E-state index in [2.05, 4.69) is 72.8 Å². The van der Waals surface area contributed by atoms with Crippen LogP contribution in [0, 0.1) is 0 Å². The first-order valence-corrected chi connectivity index (χ1v) is 14.5. The lowest BCUT2D eigenvalue weighted by molar-refractivity contribution is 1.07. The molecule has 0 spiro atoms. The van der Waals surface area contributed by atoms with Crippen LogP contribution >= 0.6 is 11.6 Å². The van der Waals surface area contributed by atoms with Crippen molar-refractivity contribution in [1.29, 1.82) is 0 Å². The summed E-state index contributed by atoms with van der Waals surface area (Å²) in [7, 11) is 0. The number of nitrogens with zero attached hydrogens (tertiary/aromatic N) is 3. The molecule has 43 heavy (non-hydrogen) atoms. The van der Waals surface area contributed by atoms with Gasteiger partial charge < -0.3 is 0 Å². The van der Waals surface area contributed by atoms with Crippen molar-refractivity contribution in [3.8, 4) is 67.5 Å². The van der Waals surface area contributed by atoms with Gasteiger partial charge >= 0.3 is 0 Å². The summed E-state index contributed by atoms with van der Waals surface area (Å²) in [4.78, 5) is 14.7. The van der Waals surface area contributed by atoms with Gasteiger partial charge in [0.1, 0.15) is 0 Å². The van der Waals surface area contributed by atoms with Gasteiger partial charge in [0.15, 0.2) is 17.5 Å². The molecule has 7 rings (SSSR count). The maximum Gasteiger partial charge on any atom is 0.164 e. The number of benzene rings is 6. The molecule has 0 saturated heterocycles. The Morgan fingerprint density at radius 2 is 0.721 bits per heavy atom. The van der Waals surface area contributed by atoms with E-state index in [0.29, 0.717) is 22.5 Å². The second-order valence-corrected chi connectivity index (χ2v) is 10.7. The van der Waals surface area contributed by atoms with Crippen molar-refractivity contribution >= 4 is 11.6 Å². The first-order valence-electron chi connectivity index (χ1n) is 14.1. The van der Waals surface area contributed by atoms with Crippen LogP contribution in [0.3, 0.4) is 0 Å². The number of halogens is 1. The Balaban J connectivity index is 1.37. The number of aromatic nitrogens is 3. The Kier molecular flexibility index (Phi) is 7.31. The van der Waals surface area contributed by atoms with Crippen molar-refractivity contribution < 1.29 is 0 Å². The molecule has 7 aromatic rings. The summed E-state index contributed by atoms with van der Waals surface area (Å²) in [6.07, 6.45) is 0. The molecule has 0 aliphatic carbocycles. The van der Waals surface area contributed by atoms with Crippen LogP contribution in [0.5, 0.6) is 0 Å². The SMILES string of the molecule is Clc1cc(-c2ccc(-c3ccccc3)c(-c3ccccc3)c2)cc(-c2nc(-c3ccccc3)nc(-c3ccccc3)n2)c1. The van der Waals surface area contributed by atoms with E-state index in [-0.39, 0.29) is 0 Å². The zero-order valence-corrected chi connectivity index (χ0v) is 24.0. The highest BCUT2D eigenvalue weighted by molar-refractivity contribution is 6.31. The molecule has 6 aromatic carbocycles. The minimum absolute atomic E-state index is 0.570. The van der Waals surface area contributed by atoms with E-state index in [9.17, 15) is 0 Å². The lowest BCUT2D eigenvalue weighted by Crippen LogP contribution is -2.00. The van der Waals surface area contributed by atoms with Gasteiger partial charge in [-0.1, -0.05) is 145 Å². The normalized spacial score (nSPS) is 10.9. The molecule has 1 heterocycles. The highest BCUT2D eigenvalue weighted by Crippen LogP contribution is 2.37. The molecule has 0 unspecified atom stereocenters. The van der Waals surface area contributed by atoms with Crippen molar-refractivity contribution in [3.05, 3.63) is 163 Å². The summed E-state index contributed by atoms with van der Waals surface area (Å²) in [6.45, 7) is 0. The van der Waals surface area contributed by atoms with Crippen LogP contribution in [-0.2, 0) is 0 Å².